The van der Waals surface area contributed by atoms with E-state index in [1.165, 1.54) is 0 Å². The van der Waals surface area contributed by atoms with Crippen LogP contribution in [0.4, 0.5) is 0 Å². The number of hydrogen-bond donors (Lipinski definition) is 1. The summed E-state index contributed by atoms with van der Waals surface area (Å²) in [5.74, 6) is -2.52. The normalized spacial score (nSPS) is 17.9. The summed E-state index contributed by atoms with van der Waals surface area (Å²) in [4.78, 5) is 53.5. The van der Waals surface area contributed by atoms with Crippen LogP contribution in [0.5, 0.6) is 11.5 Å². The first-order valence-electron chi connectivity index (χ1n) is 23.0. The molecular weight excluding hydrogens is 869 g/mol. The molecular formula is C55H60O13. The number of carboxylic acid groups (broad SMARTS) is 1. The molecule has 0 spiro atoms. The molecule has 0 unspecified atom stereocenters. The molecule has 1 saturated heterocycles. The van der Waals surface area contributed by atoms with Crippen molar-refractivity contribution in [2.45, 2.75) is 94.1 Å². The van der Waals surface area contributed by atoms with E-state index in [0.29, 0.717) is 29.0 Å². The van der Waals surface area contributed by atoms with Crippen LogP contribution in [0.3, 0.4) is 0 Å². The summed E-state index contributed by atoms with van der Waals surface area (Å²) in [5, 5.41) is 9.52. The lowest BCUT2D eigenvalue weighted by atomic mass is 9.80. The zero-order valence-corrected chi connectivity index (χ0v) is 38.6. The van der Waals surface area contributed by atoms with Crippen LogP contribution in [0.1, 0.15) is 95.2 Å². The Bertz CT molecular complexity index is 2290. The maximum Gasteiger partial charge on any atom is 0.338 e. The Morgan fingerprint density at radius 3 is 1.59 bits per heavy atom. The van der Waals surface area contributed by atoms with Gasteiger partial charge >= 0.3 is 23.9 Å². The molecule has 0 saturated carbocycles. The third kappa shape index (κ3) is 13.7. The highest BCUT2D eigenvalue weighted by molar-refractivity contribution is 5.90. The molecule has 1 aliphatic heterocycles. The van der Waals surface area contributed by atoms with Gasteiger partial charge in [-0.2, -0.15) is 0 Å². The van der Waals surface area contributed by atoms with E-state index in [1.807, 2.05) is 84.9 Å². The highest BCUT2D eigenvalue weighted by Crippen LogP contribution is 2.43. The predicted octanol–water partition coefficient (Wildman–Crippen LogP) is 9.90. The molecule has 358 valence electrons. The first kappa shape index (κ1) is 50.6. The Morgan fingerprint density at radius 1 is 0.588 bits per heavy atom. The molecule has 68 heavy (non-hydrogen) atoms. The molecule has 0 aliphatic carbocycles. The average molecular weight is 929 g/mol. The molecule has 6 rings (SSSR count). The van der Waals surface area contributed by atoms with Gasteiger partial charge in [0.05, 0.1) is 44.8 Å². The summed E-state index contributed by atoms with van der Waals surface area (Å²) in [6, 6.07) is 40.8. The Balaban J connectivity index is 1.45. The molecule has 0 bridgehead atoms. The molecule has 5 aromatic carbocycles. The van der Waals surface area contributed by atoms with E-state index in [9.17, 15) is 24.3 Å². The van der Waals surface area contributed by atoms with E-state index in [0.717, 1.165) is 44.1 Å². The van der Waals surface area contributed by atoms with Gasteiger partial charge in [0, 0.05) is 6.61 Å². The second kappa shape index (κ2) is 25.9. The zero-order chi connectivity index (χ0) is 48.1. The van der Waals surface area contributed by atoms with E-state index in [1.54, 1.807) is 74.9 Å². The quantitative estimate of drug-likeness (QED) is 0.0184. The minimum Gasteiger partial charge on any atom is -0.497 e. The van der Waals surface area contributed by atoms with E-state index in [-0.39, 0.29) is 24.3 Å². The van der Waals surface area contributed by atoms with E-state index >= 15 is 0 Å². The summed E-state index contributed by atoms with van der Waals surface area (Å²) in [7, 11) is 3.16. The van der Waals surface area contributed by atoms with Crippen LogP contribution < -0.4 is 9.47 Å². The minimum absolute atomic E-state index is 0.171. The van der Waals surface area contributed by atoms with Crippen LogP contribution in [0, 0.1) is 0 Å². The molecule has 0 radical (unpaired) electrons. The summed E-state index contributed by atoms with van der Waals surface area (Å²) in [6.07, 6.45) is 0.171. The number of carboxylic acids is 1. The Labute approximate surface area is 397 Å². The number of esters is 3. The van der Waals surface area contributed by atoms with Gasteiger partial charge in [-0.1, -0.05) is 123 Å². The monoisotopic (exact) mass is 928 g/mol. The van der Waals surface area contributed by atoms with Gasteiger partial charge in [-0.3, -0.25) is 9.59 Å². The average Bonchev–Trinajstić information content (AvgIpc) is 3.38. The van der Waals surface area contributed by atoms with Crippen molar-refractivity contribution in [3.8, 4) is 11.5 Å². The SMILES string of the molecule is C=CCCCCCCCCO[C@@H]1O[C@H](COC(c2ccccc2)(c2ccc(OC)cc2)c2ccc(OC)cc2)[C@H](OC(=O)c2ccccc2)[C@H](OC(=O)CCC(=O)O)[C@H]1OC(=O)c1ccccc1. The van der Waals surface area contributed by atoms with Crippen LogP contribution >= 0.6 is 0 Å². The van der Waals surface area contributed by atoms with Crippen molar-refractivity contribution in [3.63, 3.8) is 0 Å². The number of methoxy groups -OCH3 is 2. The van der Waals surface area contributed by atoms with Crippen molar-refractivity contribution in [3.05, 3.63) is 180 Å². The maximum atomic E-state index is 14.2. The number of carbonyl (C=O) groups excluding carboxylic acids is 3. The zero-order valence-electron chi connectivity index (χ0n) is 38.6. The fourth-order valence-corrected chi connectivity index (χ4v) is 8.08. The number of benzene rings is 5. The maximum absolute atomic E-state index is 14.2. The van der Waals surface area contributed by atoms with Gasteiger partial charge in [-0.05, 0) is 84.5 Å². The second-order valence-electron chi connectivity index (χ2n) is 16.2. The molecule has 0 aromatic heterocycles. The van der Waals surface area contributed by atoms with Gasteiger partial charge in [0.25, 0.3) is 0 Å². The van der Waals surface area contributed by atoms with Gasteiger partial charge in [0.15, 0.2) is 24.6 Å². The Morgan fingerprint density at radius 2 is 1.07 bits per heavy atom. The second-order valence-corrected chi connectivity index (χ2v) is 16.2. The molecule has 5 aromatic rings. The summed E-state index contributed by atoms with van der Waals surface area (Å²) in [5.41, 5.74) is 1.13. The molecule has 0 amide bonds. The third-order valence-corrected chi connectivity index (χ3v) is 11.6. The Kier molecular flexibility index (Phi) is 19.3. The lowest BCUT2D eigenvalue weighted by Crippen LogP contribution is -2.63. The molecule has 5 atom stereocenters. The first-order chi connectivity index (χ1) is 33.2. The third-order valence-electron chi connectivity index (χ3n) is 11.6. The van der Waals surface area contributed by atoms with Crippen molar-refractivity contribution >= 4 is 23.9 Å². The van der Waals surface area contributed by atoms with Gasteiger partial charge in [0.2, 0.25) is 0 Å². The van der Waals surface area contributed by atoms with E-state index in [2.05, 4.69) is 6.58 Å². The highest BCUT2D eigenvalue weighted by atomic mass is 16.7. The van der Waals surface area contributed by atoms with Crippen molar-refractivity contribution in [1.82, 2.24) is 0 Å². The van der Waals surface area contributed by atoms with Crippen LogP contribution in [-0.2, 0) is 43.6 Å². The number of ether oxygens (including phenoxy) is 8. The number of allylic oxidation sites excluding steroid dienone is 1. The summed E-state index contributed by atoms with van der Waals surface area (Å²) in [6.45, 7) is 3.65. The molecule has 1 aliphatic rings. The standard InChI is InChI=1S/C55H60O13/c1-4-5-6-7-8-9-10-20-37-63-54-51(68-53(60)40-23-16-12-17-24-40)50(66-48(58)36-35-47(56)57)49(67-52(59)39-21-14-11-15-22-39)46(65-54)38-64-55(41-25-18-13-19-26-41,42-27-31-44(61-2)32-28-42)43-29-33-45(62-3)34-30-43/h4,11-19,21-34,46,49-51,54H,1,5-10,20,35-38H2,2-3H3,(H,56,57)/t46-,49+,50+,51-,54-/m1/s1. The van der Waals surface area contributed by atoms with Crippen molar-refractivity contribution in [1.29, 1.82) is 0 Å². The number of aliphatic carboxylic acids is 1. The van der Waals surface area contributed by atoms with E-state index in [4.69, 9.17) is 37.9 Å². The number of unbranched alkanes of at least 4 members (excludes halogenated alkanes) is 6. The van der Waals surface area contributed by atoms with Gasteiger partial charge < -0.3 is 43.0 Å². The van der Waals surface area contributed by atoms with Crippen LogP contribution in [0.15, 0.2) is 152 Å². The highest BCUT2D eigenvalue weighted by Gasteiger charge is 2.54. The molecule has 1 fully saturated rings. The van der Waals surface area contributed by atoms with Crippen molar-refractivity contribution < 1.29 is 62.2 Å². The number of hydrogen-bond acceptors (Lipinski definition) is 12. The smallest absolute Gasteiger partial charge is 0.338 e. The van der Waals surface area contributed by atoms with Gasteiger partial charge in [-0.25, -0.2) is 9.59 Å². The largest absolute Gasteiger partial charge is 0.497 e. The van der Waals surface area contributed by atoms with Crippen molar-refractivity contribution in [2.24, 2.45) is 0 Å². The Hall–Kier alpha value is -6.80. The predicted molar refractivity (Wildman–Crippen MR) is 253 cm³/mol. The van der Waals surface area contributed by atoms with Crippen LogP contribution in [0.2, 0.25) is 0 Å². The molecule has 13 heteroatoms. The fourth-order valence-electron chi connectivity index (χ4n) is 8.08. The molecule has 1 heterocycles. The minimum atomic E-state index is -1.58. The van der Waals surface area contributed by atoms with Crippen molar-refractivity contribution in [2.75, 3.05) is 27.4 Å². The lowest BCUT2D eigenvalue weighted by Gasteiger charge is -2.45. The van der Waals surface area contributed by atoms with E-state index < -0.39 is 73.0 Å². The summed E-state index contributed by atoms with van der Waals surface area (Å²) < 4.78 is 50.2. The first-order valence-corrected chi connectivity index (χ1v) is 23.0. The molecule has 13 nitrogen and oxygen atoms in total. The topological polar surface area (TPSA) is 162 Å². The van der Waals surface area contributed by atoms with Gasteiger partial charge in [-0.15, -0.1) is 6.58 Å². The molecule has 1 N–H and O–H groups in total. The number of rotatable bonds is 26. The van der Waals surface area contributed by atoms with Crippen LogP contribution in [0.25, 0.3) is 0 Å². The lowest BCUT2D eigenvalue weighted by molar-refractivity contribution is -0.306. The van der Waals surface area contributed by atoms with Crippen LogP contribution in [-0.4, -0.2) is 87.1 Å². The van der Waals surface area contributed by atoms with Gasteiger partial charge in [0.1, 0.15) is 23.2 Å². The summed E-state index contributed by atoms with van der Waals surface area (Å²) >= 11 is 0. The number of carbonyl (C=O) groups is 4. The fraction of sp³-hybridized carbons (Fsp3) is 0.345.